The first-order valence-corrected chi connectivity index (χ1v) is 10.6. The lowest BCUT2D eigenvalue weighted by atomic mass is 9.95. The molecule has 0 aromatic carbocycles. The zero-order chi connectivity index (χ0) is 16.5. The van der Waals surface area contributed by atoms with Gasteiger partial charge in [0.15, 0.2) is 5.96 Å². The number of hydrogen-bond donors (Lipinski definition) is 2. The number of piperidine rings is 1. The molecule has 0 spiro atoms. The van der Waals surface area contributed by atoms with E-state index in [0.29, 0.717) is 6.04 Å². The molecule has 1 heterocycles. The van der Waals surface area contributed by atoms with E-state index < -0.39 is 0 Å². The van der Waals surface area contributed by atoms with Crippen molar-refractivity contribution in [2.45, 2.75) is 63.7 Å². The number of aliphatic imine (C=N–C) groups is 1. The minimum Gasteiger partial charge on any atom is -0.357 e. The van der Waals surface area contributed by atoms with E-state index >= 15 is 0 Å². The molecule has 0 amide bonds. The topological polar surface area (TPSA) is 39.7 Å². The molecule has 1 aliphatic carbocycles. The van der Waals surface area contributed by atoms with E-state index in [2.05, 4.69) is 48.2 Å². The average molecular weight is 341 g/mol. The normalized spacial score (nSPS) is 30.2. The van der Waals surface area contributed by atoms with Crippen molar-refractivity contribution in [2.75, 3.05) is 39.0 Å². The molecule has 3 unspecified atom stereocenters. The Morgan fingerprint density at radius 3 is 2.83 bits per heavy atom. The first-order chi connectivity index (χ1) is 11.2. The summed E-state index contributed by atoms with van der Waals surface area (Å²) >= 11 is 2.13. The minimum atomic E-state index is 0.597. The summed E-state index contributed by atoms with van der Waals surface area (Å²) in [5, 5.41) is 7.99. The molecule has 1 aliphatic heterocycles. The number of rotatable bonds is 6. The number of likely N-dealkylation sites (tertiary alicyclic amines) is 1. The monoisotopic (exact) mass is 340 g/mol. The lowest BCUT2D eigenvalue weighted by molar-refractivity contribution is 0.214. The predicted octanol–water partition coefficient (Wildman–Crippen LogP) is 2.95. The van der Waals surface area contributed by atoms with Crippen LogP contribution < -0.4 is 10.6 Å². The summed E-state index contributed by atoms with van der Waals surface area (Å²) < 4.78 is 0. The summed E-state index contributed by atoms with van der Waals surface area (Å²) in [7, 11) is 2.23. The lowest BCUT2D eigenvalue weighted by Gasteiger charge is -2.31. The van der Waals surface area contributed by atoms with Crippen molar-refractivity contribution in [3.63, 3.8) is 0 Å². The van der Waals surface area contributed by atoms with Crippen LogP contribution >= 0.6 is 11.8 Å². The molecule has 2 rings (SSSR count). The molecular formula is C18H36N4S. The molecule has 0 aromatic heterocycles. The highest BCUT2D eigenvalue weighted by Gasteiger charge is 2.23. The Morgan fingerprint density at radius 2 is 2.09 bits per heavy atom. The van der Waals surface area contributed by atoms with Crippen molar-refractivity contribution in [3.8, 4) is 0 Å². The van der Waals surface area contributed by atoms with Crippen molar-refractivity contribution in [1.82, 2.24) is 15.5 Å². The molecule has 0 radical (unpaired) electrons. The molecule has 1 saturated heterocycles. The van der Waals surface area contributed by atoms with Gasteiger partial charge < -0.3 is 15.5 Å². The third-order valence-electron chi connectivity index (χ3n) is 4.94. The molecule has 2 N–H and O–H groups in total. The van der Waals surface area contributed by atoms with Gasteiger partial charge in [0.05, 0.1) is 0 Å². The fourth-order valence-corrected chi connectivity index (χ4v) is 4.99. The summed E-state index contributed by atoms with van der Waals surface area (Å²) in [5.41, 5.74) is 0. The molecule has 2 fully saturated rings. The van der Waals surface area contributed by atoms with E-state index in [-0.39, 0.29) is 0 Å². The molecule has 5 heteroatoms. The predicted molar refractivity (Wildman–Crippen MR) is 104 cm³/mol. The van der Waals surface area contributed by atoms with Crippen LogP contribution in [-0.4, -0.2) is 61.1 Å². The van der Waals surface area contributed by atoms with Crippen LogP contribution in [0.25, 0.3) is 0 Å². The minimum absolute atomic E-state index is 0.597. The molecule has 3 atom stereocenters. The van der Waals surface area contributed by atoms with Gasteiger partial charge in [-0.1, -0.05) is 13.3 Å². The van der Waals surface area contributed by atoms with Crippen molar-refractivity contribution in [3.05, 3.63) is 0 Å². The van der Waals surface area contributed by atoms with E-state index in [0.717, 1.165) is 30.2 Å². The third-order valence-corrected chi connectivity index (χ3v) is 6.18. The van der Waals surface area contributed by atoms with Crippen LogP contribution in [0.1, 0.15) is 52.4 Å². The van der Waals surface area contributed by atoms with E-state index in [4.69, 9.17) is 4.99 Å². The van der Waals surface area contributed by atoms with Gasteiger partial charge in [-0.15, -0.1) is 0 Å². The SMILES string of the molecule is CCNC(=NCC1CCCN(C)C1)NC1CCCC(SCC)C1. The smallest absolute Gasteiger partial charge is 0.191 e. The van der Waals surface area contributed by atoms with Gasteiger partial charge >= 0.3 is 0 Å². The highest BCUT2D eigenvalue weighted by molar-refractivity contribution is 7.99. The zero-order valence-corrected chi connectivity index (χ0v) is 16.1. The Labute approximate surface area is 147 Å². The third kappa shape index (κ3) is 6.92. The van der Waals surface area contributed by atoms with Gasteiger partial charge in [-0.2, -0.15) is 11.8 Å². The summed E-state index contributed by atoms with van der Waals surface area (Å²) in [4.78, 5) is 7.34. The maximum absolute atomic E-state index is 4.90. The van der Waals surface area contributed by atoms with Crippen LogP contribution in [0.15, 0.2) is 4.99 Å². The molecule has 1 saturated carbocycles. The Bertz CT molecular complexity index is 359. The van der Waals surface area contributed by atoms with Gasteiger partial charge in [0.2, 0.25) is 0 Å². The fourth-order valence-electron chi connectivity index (χ4n) is 3.82. The number of nitrogens with one attached hydrogen (secondary N) is 2. The zero-order valence-electron chi connectivity index (χ0n) is 15.3. The van der Waals surface area contributed by atoms with Crippen LogP contribution in [0, 0.1) is 5.92 Å². The van der Waals surface area contributed by atoms with Gasteiger partial charge in [0.1, 0.15) is 0 Å². The van der Waals surface area contributed by atoms with Crippen LogP contribution in [0.2, 0.25) is 0 Å². The molecule has 0 aromatic rings. The summed E-state index contributed by atoms with van der Waals surface area (Å²) in [6.45, 7) is 8.77. The summed E-state index contributed by atoms with van der Waals surface area (Å²) in [6.07, 6.45) is 7.96. The van der Waals surface area contributed by atoms with E-state index in [1.165, 1.54) is 57.4 Å². The number of hydrogen-bond acceptors (Lipinski definition) is 3. The molecule has 2 aliphatic rings. The maximum atomic E-state index is 4.90. The van der Waals surface area contributed by atoms with Crippen molar-refractivity contribution >= 4 is 17.7 Å². The quantitative estimate of drug-likeness (QED) is 0.576. The Kier molecular flexibility index (Phi) is 8.59. The number of thioether (sulfide) groups is 1. The van der Waals surface area contributed by atoms with Gasteiger partial charge in [0.25, 0.3) is 0 Å². The van der Waals surface area contributed by atoms with Crippen LogP contribution in [0.4, 0.5) is 0 Å². The second-order valence-electron chi connectivity index (χ2n) is 7.08. The van der Waals surface area contributed by atoms with Gasteiger partial charge in [-0.05, 0) is 64.3 Å². The first-order valence-electron chi connectivity index (χ1n) is 9.56. The standard InChI is InChI=1S/C18H36N4S/c1-4-19-18(20-13-15-8-7-11-22(3)14-15)21-16-9-6-10-17(12-16)23-5-2/h15-17H,4-14H2,1-3H3,(H2,19,20,21). The lowest BCUT2D eigenvalue weighted by Crippen LogP contribution is -2.46. The van der Waals surface area contributed by atoms with Gasteiger partial charge in [-0.25, -0.2) is 0 Å². The highest BCUT2D eigenvalue weighted by atomic mass is 32.2. The van der Waals surface area contributed by atoms with Gasteiger partial charge in [0, 0.05) is 30.9 Å². The van der Waals surface area contributed by atoms with E-state index in [1.54, 1.807) is 0 Å². The second kappa shape index (κ2) is 10.4. The maximum Gasteiger partial charge on any atom is 0.191 e. The van der Waals surface area contributed by atoms with E-state index in [1.807, 2.05) is 0 Å². The summed E-state index contributed by atoms with van der Waals surface area (Å²) in [6, 6.07) is 0.597. The second-order valence-corrected chi connectivity index (χ2v) is 8.65. The number of guanidine groups is 1. The highest BCUT2D eigenvalue weighted by Crippen LogP contribution is 2.28. The first kappa shape index (κ1) is 18.9. The Balaban J connectivity index is 1.83. The van der Waals surface area contributed by atoms with E-state index in [9.17, 15) is 0 Å². The Morgan fingerprint density at radius 1 is 1.22 bits per heavy atom. The fraction of sp³-hybridized carbons (Fsp3) is 0.944. The van der Waals surface area contributed by atoms with Crippen molar-refractivity contribution < 1.29 is 0 Å². The largest absolute Gasteiger partial charge is 0.357 e. The Hall–Kier alpha value is -0.420. The van der Waals surface area contributed by atoms with Crippen LogP contribution in [-0.2, 0) is 0 Å². The summed E-state index contributed by atoms with van der Waals surface area (Å²) in [5.74, 6) is 2.99. The molecule has 4 nitrogen and oxygen atoms in total. The molecule has 0 bridgehead atoms. The average Bonchev–Trinajstić information content (AvgIpc) is 2.54. The molecule has 23 heavy (non-hydrogen) atoms. The van der Waals surface area contributed by atoms with Crippen LogP contribution in [0.3, 0.4) is 0 Å². The van der Waals surface area contributed by atoms with Crippen molar-refractivity contribution in [1.29, 1.82) is 0 Å². The van der Waals surface area contributed by atoms with Crippen LogP contribution in [0.5, 0.6) is 0 Å². The van der Waals surface area contributed by atoms with Crippen molar-refractivity contribution in [2.24, 2.45) is 10.9 Å². The van der Waals surface area contributed by atoms with Gasteiger partial charge in [-0.3, -0.25) is 4.99 Å². The molecule has 134 valence electrons. The number of nitrogens with zero attached hydrogens (tertiary/aromatic N) is 2. The molecular weight excluding hydrogens is 304 g/mol.